The molecule has 0 N–H and O–H groups in total. The van der Waals surface area contributed by atoms with Crippen molar-refractivity contribution >= 4 is 27.4 Å². The second-order valence-corrected chi connectivity index (χ2v) is 7.79. The van der Waals surface area contributed by atoms with Gasteiger partial charge in [0.2, 0.25) is 5.82 Å². The zero-order chi connectivity index (χ0) is 18.7. The van der Waals surface area contributed by atoms with E-state index >= 15 is 0 Å². The molecule has 0 spiro atoms. The molecular formula is C17H13ClN2O5S. The monoisotopic (exact) mass is 392 g/mol. The lowest BCUT2D eigenvalue weighted by atomic mass is 10.2. The first kappa shape index (κ1) is 18.1. The third-order valence-electron chi connectivity index (χ3n) is 3.43. The van der Waals surface area contributed by atoms with E-state index in [0.29, 0.717) is 16.4 Å². The van der Waals surface area contributed by atoms with Crippen LogP contribution in [0, 0.1) is 0 Å². The number of hydrogen-bond donors (Lipinski definition) is 0. The molecule has 26 heavy (non-hydrogen) atoms. The summed E-state index contributed by atoms with van der Waals surface area (Å²) < 4.78 is 33.0. The Labute approximate surface area is 154 Å². The van der Waals surface area contributed by atoms with Crippen molar-refractivity contribution in [3.05, 3.63) is 65.0 Å². The smallest absolute Gasteiger partial charge is 0.338 e. The van der Waals surface area contributed by atoms with E-state index in [2.05, 4.69) is 10.1 Å². The molecule has 134 valence electrons. The van der Waals surface area contributed by atoms with Crippen LogP contribution in [-0.2, 0) is 21.2 Å². The van der Waals surface area contributed by atoms with E-state index in [1.54, 1.807) is 24.3 Å². The number of aromatic nitrogens is 2. The number of sulfone groups is 1. The van der Waals surface area contributed by atoms with Crippen molar-refractivity contribution in [3.8, 4) is 11.4 Å². The fraction of sp³-hybridized carbons (Fsp3) is 0.118. The number of esters is 1. The van der Waals surface area contributed by atoms with E-state index < -0.39 is 15.8 Å². The van der Waals surface area contributed by atoms with Crippen molar-refractivity contribution in [2.75, 3.05) is 6.26 Å². The second-order valence-electron chi connectivity index (χ2n) is 5.36. The van der Waals surface area contributed by atoms with Gasteiger partial charge in [-0.3, -0.25) is 0 Å². The van der Waals surface area contributed by atoms with Gasteiger partial charge in [-0.1, -0.05) is 28.9 Å². The topological polar surface area (TPSA) is 99.4 Å². The van der Waals surface area contributed by atoms with Crippen LogP contribution in [0.2, 0.25) is 5.02 Å². The van der Waals surface area contributed by atoms with Crippen molar-refractivity contribution in [1.29, 1.82) is 0 Å². The van der Waals surface area contributed by atoms with Crippen LogP contribution in [0.25, 0.3) is 11.4 Å². The summed E-state index contributed by atoms with van der Waals surface area (Å²) in [6.45, 7) is -0.218. The summed E-state index contributed by atoms with van der Waals surface area (Å²) in [7, 11) is -3.32. The molecule has 1 heterocycles. The van der Waals surface area contributed by atoms with E-state index in [1.165, 1.54) is 24.3 Å². The second kappa shape index (κ2) is 7.27. The first-order chi connectivity index (χ1) is 12.3. The van der Waals surface area contributed by atoms with Crippen molar-refractivity contribution in [3.63, 3.8) is 0 Å². The summed E-state index contributed by atoms with van der Waals surface area (Å²) in [5.41, 5.74) is 0.815. The summed E-state index contributed by atoms with van der Waals surface area (Å²) in [5, 5.41) is 4.28. The Bertz CT molecular complexity index is 1050. The van der Waals surface area contributed by atoms with Gasteiger partial charge < -0.3 is 9.26 Å². The van der Waals surface area contributed by atoms with Crippen LogP contribution in [0.1, 0.15) is 16.2 Å². The molecule has 0 atom stereocenters. The van der Waals surface area contributed by atoms with Gasteiger partial charge in [0.15, 0.2) is 16.4 Å². The summed E-state index contributed by atoms with van der Waals surface area (Å²) >= 11 is 6.07. The fourth-order valence-corrected chi connectivity index (χ4v) is 2.96. The fourth-order valence-electron chi connectivity index (χ4n) is 2.11. The van der Waals surface area contributed by atoms with Gasteiger partial charge in [-0.15, -0.1) is 0 Å². The van der Waals surface area contributed by atoms with E-state index in [9.17, 15) is 13.2 Å². The van der Waals surface area contributed by atoms with Crippen LogP contribution in [0.15, 0.2) is 57.9 Å². The van der Waals surface area contributed by atoms with Gasteiger partial charge in [0, 0.05) is 11.8 Å². The highest BCUT2D eigenvalue weighted by atomic mass is 35.5. The maximum atomic E-state index is 12.0. The van der Waals surface area contributed by atoms with Gasteiger partial charge in [0.1, 0.15) is 0 Å². The average Bonchev–Trinajstić information content (AvgIpc) is 3.08. The van der Waals surface area contributed by atoms with Crippen LogP contribution < -0.4 is 0 Å². The Morgan fingerprint density at radius 2 is 1.85 bits per heavy atom. The summed E-state index contributed by atoms with van der Waals surface area (Å²) in [6, 6.07) is 12.5. The van der Waals surface area contributed by atoms with Gasteiger partial charge in [-0.05, 0) is 36.4 Å². The van der Waals surface area contributed by atoms with E-state index in [0.717, 1.165) is 6.26 Å². The lowest BCUT2D eigenvalue weighted by molar-refractivity contribution is 0.0429. The van der Waals surface area contributed by atoms with Gasteiger partial charge in [0.25, 0.3) is 5.89 Å². The predicted molar refractivity (Wildman–Crippen MR) is 93.4 cm³/mol. The number of benzene rings is 2. The van der Waals surface area contributed by atoms with Crippen LogP contribution in [0.4, 0.5) is 0 Å². The Morgan fingerprint density at radius 3 is 2.50 bits per heavy atom. The molecule has 0 fully saturated rings. The summed E-state index contributed by atoms with van der Waals surface area (Å²) in [5.74, 6) is -0.234. The summed E-state index contributed by atoms with van der Waals surface area (Å²) in [4.78, 5) is 16.3. The van der Waals surface area contributed by atoms with Gasteiger partial charge >= 0.3 is 5.97 Å². The van der Waals surface area contributed by atoms with Crippen molar-refractivity contribution in [2.45, 2.75) is 11.5 Å². The molecule has 0 unspecified atom stereocenters. The predicted octanol–water partition coefficient (Wildman–Crippen LogP) is 3.15. The first-order valence-electron chi connectivity index (χ1n) is 7.39. The van der Waals surface area contributed by atoms with E-state index in [1.807, 2.05) is 0 Å². The number of carbonyl (C=O) groups is 1. The van der Waals surface area contributed by atoms with Crippen LogP contribution in [0.3, 0.4) is 0 Å². The Kier molecular flexibility index (Phi) is 5.06. The summed E-state index contributed by atoms with van der Waals surface area (Å²) in [6.07, 6.45) is 1.09. The third-order valence-corrected chi connectivity index (χ3v) is 4.89. The Balaban J connectivity index is 1.66. The lowest BCUT2D eigenvalue weighted by Crippen LogP contribution is -2.06. The Morgan fingerprint density at radius 1 is 1.15 bits per heavy atom. The highest BCUT2D eigenvalue weighted by Crippen LogP contribution is 2.25. The minimum atomic E-state index is -3.32. The zero-order valence-electron chi connectivity index (χ0n) is 13.5. The molecule has 3 rings (SSSR count). The molecule has 0 bridgehead atoms. The molecule has 0 aliphatic heterocycles. The molecule has 0 saturated heterocycles. The number of ether oxygens (including phenoxy) is 1. The number of nitrogens with zero attached hydrogens (tertiary/aromatic N) is 2. The number of carbonyl (C=O) groups excluding carboxylic acids is 1. The van der Waals surface area contributed by atoms with E-state index in [4.69, 9.17) is 20.9 Å². The molecule has 3 aromatic rings. The molecule has 9 heteroatoms. The van der Waals surface area contributed by atoms with Crippen molar-refractivity contribution in [1.82, 2.24) is 10.1 Å². The van der Waals surface area contributed by atoms with Crippen LogP contribution in [0.5, 0.6) is 0 Å². The van der Waals surface area contributed by atoms with Gasteiger partial charge in [-0.25, -0.2) is 13.2 Å². The molecule has 0 aliphatic rings. The largest absolute Gasteiger partial charge is 0.452 e. The third kappa shape index (κ3) is 4.09. The van der Waals surface area contributed by atoms with Crippen LogP contribution in [-0.4, -0.2) is 30.8 Å². The Hall–Kier alpha value is -2.71. The molecule has 0 aliphatic carbocycles. The maximum Gasteiger partial charge on any atom is 0.338 e. The number of halogens is 1. The van der Waals surface area contributed by atoms with Gasteiger partial charge in [-0.2, -0.15) is 4.98 Å². The normalized spacial score (nSPS) is 11.3. The SMILES string of the molecule is CS(=O)(=O)c1ccc(C(=O)OCc2nc(-c3ccccc3Cl)no2)cc1. The minimum absolute atomic E-state index is 0.112. The molecule has 2 aromatic carbocycles. The highest BCUT2D eigenvalue weighted by Gasteiger charge is 2.15. The van der Waals surface area contributed by atoms with Gasteiger partial charge in [0.05, 0.1) is 15.5 Å². The molecule has 0 radical (unpaired) electrons. The molecule has 0 saturated carbocycles. The molecule has 0 amide bonds. The molecular weight excluding hydrogens is 380 g/mol. The van der Waals surface area contributed by atoms with E-state index in [-0.39, 0.29) is 23.0 Å². The number of rotatable bonds is 5. The lowest BCUT2D eigenvalue weighted by Gasteiger charge is -2.03. The van der Waals surface area contributed by atoms with Crippen molar-refractivity contribution < 1.29 is 22.5 Å². The molecule has 7 nitrogen and oxygen atoms in total. The minimum Gasteiger partial charge on any atom is -0.452 e. The molecule has 1 aromatic heterocycles. The standard InChI is InChI=1S/C17H13ClN2O5S/c1-26(22,23)12-8-6-11(7-9-12)17(21)24-10-15-19-16(20-25-15)13-4-2-3-5-14(13)18/h2-9H,10H2,1H3. The van der Waals surface area contributed by atoms with Crippen LogP contribution >= 0.6 is 11.6 Å². The number of hydrogen-bond acceptors (Lipinski definition) is 7. The zero-order valence-corrected chi connectivity index (χ0v) is 15.1. The van der Waals surface area contributed by atoms with Crippen molar-refractivity contribution in [2.24, 2.45) is 0 Å². The highest BCUT2D eigenvalue weighted by molar-refractivity contribution is 7.90. The maximum absolute atomic E-state index is 12.0. The first-order valence-corrected chi connectivity index (χ1v) is 9.66. The quantitative estimate of drug-likeness (QED) is 0.615. The average molecular weight is 393 g/mol.